The fourth-order valence-electron chi connectivity index (χ4n) is 3.46. The third-order valence-electron chi connectivity index (χ3n) is 5.32. The lowest BCUT2D eigenvalue weighted by Gasteiger charge is -2.30. The normalized spacial score (nSPS) is 14.4. The maximum Gasteiger partial charge on any atom is 0.323 e. The summed E-state index contributed by atoms with van der Waals surface area (Å²) in [6, 6.07) is 18.3. The lowest BCUT2D eigenvalue weighted by molar-refractivity contribution is 0.262. The molecule has 1 aromatic heterocycles. The van der Waals surface area contributed by atoms with E-state index in [-0.39, 0.29) is 6.03 Å². The van der Waals surface area contributed by atoms with Crippen LogP contribution in [-0.2, 0) is 0 Å². The Kier molecular flexibility index (Phi) is 6.14. The molecule has 4 rings (SSSR count). The summed E-state index contributed by atoms with van der Waals surface area (Å²) in [7, 11) is 0. The molecule has 2 heterocycles. The van der Waals surface area contributed by atoms with Gasteiger partial charge in [-0.3, -0.25) is 0 Å². The fraction of sp³-hybridized carbons (Fsp3) is 0.261. The molecular formula is C23H24ClN5O. The Bertz CT molecular complexity index is 999. The number of hydrogen-bond acceptors (Lipinski definition) is 4. The summed E-state index contributed by atoms with van der Waals surface area (Å²) in [5, 5.41) is 14.8. The molecule has 0 aliphatic carbocycles. The van der Waals surface area contributed by atoms with Gasteiger partial charge in [-0.2, -0.15) is 0 Å². The molecular weight excluding hydrogens is 398 g/mol. The molecule has 0 unspecified atom stereocenters. The number of anilines is 3. The number of para-hydroxylation sites is 1. The van der Waals surface area contributed by atoms with Crippen LogP contribution in [0.15, 0.2) is 60.7 Å². The molecule has 1 saturated heterocycles. The van der Waals surface area contributed by atoms with Crippen LogP contribution in [0.3, 0.4) is 0 Å². The minimum absolute atomic E-state index is 0.351. The molecule has 2 aromatic carbocycles. The van der Waals surface area contributed by atoms with E-state index in [1.807, 2.05) is 48.5 Å². The highest BCUT2D eigenvalue weighted by Gasteiger charge is 2.17. The lowest BCUT2D eigenvalue weighted by atomic mass is 9.99. The predicted molar refractivity (Wildman–Crippen MR) is 122 cm³/mol. The summed E-state index contributed by atoms with van der Waals surface area (Å²) in [6.45, 7) is 4.36. The Morgan fingerprint density at radius 1 is 0.967 bits per heavy atom. The molecule has 6 nitrogen and oxygen atoms in total. The SMILES string of the molecule is CC1CCN(c2ccc(-c3ccc(NC(=O)Nc4ccccc4Cl)cc3)nn2)CC1. The Labute approximate surface area is 181 Å². The molecule has 154 valence electrons. The van der Waals surface area contributed by atoms with Gasteiger partial charge in [0.1, 0.15) is 0 Å². The van der Waals surface area contributed by atoms with Crippen molar-refractivity contribution >= 4 is 34.8 Å². The molecule has 2 N–H and O–H groups in total. The lowest BCUT2D eigenvalue weighted by Crippen LogP contribution is -2.33. The number of piperidine rings is 1. The van der Waals surface area contributed by atoms with Crippen LogP contribution in [0.4, 0.5) is 22.0 Å². The smallest absolute Gasteiger partial charge is 0.323 e. The predicted octanol–water partition coefficient (Wildman–Crippen LogP) is 5.68. The Morgan fingerprint density at radius 2 is 1.70 bits per heavy atom. The second kappa shape index (κ2) is 9.13. The molecule has 1 fully saturated rings. The molecule has 1 aliphatic heterocycles. The standard InChI is InChI=1S/C23H24ClN5O/c1-16-12-14-29(15-13-16)22-11-10-20(27-28-22)17-6-8-18(9-7-17)25-23(30)26-21-5-3-2-4-19(21)24/h2-11,16H,12-15H2,1H3,(H2,25,26,30). The molecule has 0 spiro atoms. The van der Waals surface area contributed by atoms with E-state index in [2.05, 4.69) is 32.7 Å². The minimum Gasteiger partial charge on any atom is -0.355 e. The quantitative estimate of drug-likeness (QED) is 0.568. The van der Waals surface area contributed by atoms with Crippen LogP contribution >= 0.6 is 11.6 Å². The average molecular weight is 422 g/mol. The van der Waals surface area contributed by atoms with Gasteiger partial charge in [0, 0.05) is 24.3 Å². The Hall–Kier alpha value is -3.12. The van der Waals surface area contributed by atoms with E-state index in [1.54, 1.807) is 12.1 Å². The van der Waals surface area contributed by atoms with Crippen molar-refractivity contribution < 1.29 is 4.79 Å². The summed E-state index contributed by atoms with van der Waals surface area (Å²) in [5.41, 5.74) is 2.98. The van der Waals surface area contributed by atoms with Crippen molar-refractivity contribution in [1.29, 1.82) is 0 Å². The number of carbonyl (C=O) groups excluding carboxylic acids is 1. The van der Waals surface area contributed by atoms with Crippen LogP contribution in [0.25, 0.3) is 11.3 Å². The second-order valence-electron chi connectivity index (χ2n) is 7.58. The van der Waals surface area contributed by atoms with E-state index in [9.17, 15) is 4.79 Å². The third-order valence-corrected chi connectivity index (χ3v) is 5.65. The number of hydrogen-bond donors (Lipinski definition) is 2. The topological polar surface area (TPSA) is 70.2 Å². The van der Waals surface area contributed by atoms with Crippen molar-refractivity contribution in [3.8, 4) is 11.3 Å². The third kappa shape index (κ3) is 4.89. The van der Waals surface area contributed by atoms with E-state index < -0.39 is 0 Å². The minimum atomic E-state index is -0.351. The molecule has 3 aromatic rings. The molecule has 7 heteroatoms. The van der Waals surface area contributed by atoms with Crippen LogP contribution in [0.2, 0.25) is 5.02 Å². The summed E-state index contributed by atoms with van der Waals surface area (Å²) in [5.74, 6) is 1.72. The van der Waals surface area contributed by atoms with Gasteiger partial charge in [0.25, 0.3) is 0 Å². The highest BCUT2D eigenvalue weighted by atomic mass is 35.5. The average Bonchev–Trinajstić information content (AvgIpc) is 2.77. The number of nitrogens with one attached hydrogen (secondary N) is 2. The van der Waals surface area contributed by atoms with E-state index in [4.69, 9.17) is 11.6 Å². The first-order valence-electron chi connectivity index (χ1n) is 10.1. The van der Waals surface area contributed by atoms with Gasteiger partial charge in [0.05, 0.1) is 16.4 Å². The number of benzene rings is 2. The molecule has 0 atom stereocenters. The summed E-state index contributed by atoms with van der Waals surface area (Å²) in [4.78, 5) is 14.5. The van der Waals surface area contributed by atoms with E-state index >= 15 is 0 Å². The van der Waals surface area contributed by atoms with Crippen molar-refractivity contribution in [2.75, 3.05) is 28.6 Å². The van der Waals surface area contributed by atoms with Gasteiger partial charge in [-0.1, -0.05) is 42.8 Å². The maximum atomic E-state index is 12.2. The summed E-state index contributed by atoms with van der Waals surface area (Å²) >= 11 is 6.07. The summed E-state index contributed by atoms with van der Waals surface area (Å²) in [6.07, 6.45) is 2.39. The number of rotatable bonds is 4. The Morgan fingerprint density at radius 3 is 2.37 bits per heavy atom. The highest BCUT2D eigenvalue weighted by molar-refractivity contribution is 6.33. The maximum absolute atomic E-state index is 12.2. The number of urea groups is 1. The van der Waals surface area contributed by atoms with Crippen LogP contribution in [0.1, 0.15) is 19.8 Å². The molecule has 30 heavy (non-hydrogen) atoms. The van der Waals surface area contributed by atoms with Crippen molar-refractivity contribution in [1.82, 2.24) is 10.2 Å². The second-order valence-corrected chi connectivity index (χ2v) is 7.99. The van der Waals surface area contributed by atoms with Gasteiger partial charge in [-0.15, -0.1) is 10.2 Å². The molecule has 0 saturated carbocycles. The number of carbonyl (C=O) groups is 1. The Balaban J connectivity index is 1.37. The van der Waals surface area contributed by atoms with Crippen molar-refractivity contribution in [2.24, 2.45) is 5.92 Å². The molecule has 0 bridgehead atoms. The summed E-state index contributed by atoms with van der Waals surface area (Å²) < 4.78 is 0. The number of nitrogens with zero attached hydrogens (tertiary/aromatic N) is 3. The zero-order valence-corrected chi connectivity index (χ0v) is 17.6. The van der Waals surface area contributed by atoms with Crippen LogP contribution in [-0.4, -0.2) is 29.3 Å². The largest absolute Gasteiger partial charge is 0.355 e. The van der Waals surface area contributed by atoms with Crippen molar-refractivity contribution in [3.63, 3.8) is 0 Å². The first-order valence-corrected chi connectivity index (χ1v) is 10.5. The van der Waals surface area contributed by atoms with Crippen LogP contribution in [0, 0.1) is 5.92 Å². The van der Waals surface area contributed by atoms with Gasteiger partial charge >= 0.3 is 6.03 Å². The van der Waals surface area contributed by atoms with Gasteiger partial charge in [-0.25, -0.2) is 4.79 Å². The number of amides is 2. The van der Waals surface area contributed by atoms with Crippen molar-refractivity contribution in [2.45, 2.75) is 19.8 Å². The zero-order valence-electron chi connectivity index (χ0n) is 16.8. The van der Waals surface area contributed by atoms with E-state index in [1.165, 1.54) is 12.8 Å². The monoisotopic (exact) mass is 421 g/mol. The number of halogens is 1. The zero-order chi connectivity index (χ0) is 20.9. The molecule has 1 aliphatic rings. The van der Waals surface area contributed by atoms with E-state index in [0.29, 0.717) is 16.4 Å². The number of aromatic nitrogens is 2. The molecule has 0 radical (unpaired) electrons. The highest BCUT2D eigenvalue weighted by Crippen LogP contribution is 2.24. The van der Waals surface area contributed by atoms with Crippen molar-refractivity contribution in [3.05, 3.63) is 65.7 Å². The van der Waals surface area contributed by atoms with Gasteiger partial charge < -0.3 is 15.5 Å². The molecule has 2 amide bonds. The fourth-order valence-corrected chi connectivity index (χ4v) is 3.64. The first kappa shape index (κ1) is 20.2. The van der Waals surface area contributed by atoms with Gasteiger partial charge in [-0.05, 0) is 55.2 Å². The van der Waals surface area contributed by atoms with E-state index in [0.717, 1.165) is 36.1 Å². The van der Waals surface area contributed by atoms with Gasteiger partial charge in [0.2, 0.25) is 0 Å². The first-order chi connectivity index (χ1) is 14.6. The van der Waals surface area contributed by atoms with Crippen LogP contribution in [0.5, 0.6) is 0 Å². The van der Waals surface area contributed by atoms with Gasteiger partial charge in [0.15, 0.2) is 5.82 Å². The van der Waals surface area contributed by atoms with Crippen LogP contribution < -0.4 is 15.5 Å².